The number of hydroxylamine groups is 2. The van der Waals surface area contributed by atoms with Gasteiger partial charge in [-0.1, -0.05) is 23.2 Å². The summed E-state index contributed by atoms with van der Waals surface area (Å²) in [6.45, 7) is 1.48. The van der Waals surface area contributed by atoms with Crippen molar-refractivity contribution in [3.8, 4) is 0 Å². The maximum atomic E-state index is 12.9. The summed E-state index contributed by atoms with van der Waals surface area (Å²) in [5, 5.41) is 6.61. The van der Waals surface area contributed by atoms with Crippen molar-refractivity contribution < 1.29 is 18.8 Å². The first-order valence-corrected chi connectivity index (χ1v) is 8.23. The largest absolute Gasteiger partial charge is 0.346 e. The first-order chi connectivity index (χ1) is 12.3. The number of halogens is 3. The zero-order chi connectivity index (χ0) is 19.3. The molecule has 2 aromatic rings. The predicted molar refractivity (Wildman–Crippen MR) is 98.8 cm³/mol. The molecule has 2 rings (SSSR count). The zero-order valence-corrected chi connectivity index (χ0v) is 15.4. The summed E-state index contributed by atoms with van der Waals surface area (Å²) in [5.74, 6) is -0.932. The molecule has 1 unspecified atom stereocenters. The molecule has 0 aliphatic heterocycles. The number of anilines is 2. The molecule has 0 bridgehead atoms. The van der Waals surface area contributed by atoms with Gasteiger partial charge in [-0.2, -0.15) is 5.06 Å². The van der Waals surface area contributed by atoms with E-state index in [2.05, 4.69) is 10.6 Å². The number of urea groups is 1. The fraction of sp³-hybridized carbons (Fsp3) is 0.176. The first kappa shape index (κ1) is 20.0. The molecule has 0 saturated carbocycles. The van der Waals surface area contributed by atoms with Crippen LogP contribution in [0.4, 0.5) is 20.6 Å². The maximum Gasteiger partial charge on any atom is 0.346 e. The molecule has 9 heteroatoms. The summed E-state index contributed by atoms with van der Waals surface area (Å²) in [6.07, 6.45) is 0. The Labute approximate surface area is 159 Å². The second-order valence-electron chi connectivity index (χ2n) is 5.24. The van der Waals surface area contributed by atoms with E-state index >= 15 is 0 Å². The molecule has 0 aliphatic rings. The number of amides is 3. The van der Waals surface area contributed by atoms with Crippen LogP contribution in [0, 0.1) is 5.82 Å². The monoisotopic (exact) mass is 399 g/mol. The highest BCUT2D eigenvalue weighted by Gasteiger charge is 2.26. The van der Waals surface area contributed by atoms with Crippen molar-refractivity contribution in [2.75, 3.05) is 17.7 Å². The lowest BCUT2D eigenvalue weighted by atomic mass is 10.2. The smallest absolute Gasteiger partial charge is 0.324 e. The molecular weight excluding hydrogens is 384 g/mol. The molecule has 0 spiro atoms. The molecule has 2 aromatic carbocycles. The van der Waals surface area contributed by atoms with E-state index in [1.54, 1.807) is 6.07 Å². The summed E-state index contributed by atoms with van der Waals surface area (Å²) in [6, 6.07) is 8.17. The molecule has 0 fully saturated rings. The van der Waals surface area contributed by atoms with Gasteiger partial charge in [0.05, 0.1) is 17.2 Å². The summed E-state index contributed by atoms with van der Waals surface area (Å²) in [4.78, 5) is 29.7. The molecule has 138 valence electrons. The maximum absolute atomic E-state index is 12.9. The quantitative estimate of drug-likeness (QED) is 0.724. The van der Waals surface area contributed by atoms with Crippen LogP contribution >= 0.6 is 23.2 Å². The molecule has 3 amide bonds. The summed E-state index contributed by atoms with van der Waals surface area (Å²) < 4.78 is 12.9. The minimum Gasteiger partial charge on any atom is -0.324 e. The third kappa shape index (κ3) is 5.08. The lowest BCUT2D eigenvalue weighted by Gasteiger charge is -2.26. The number of hydrogen-bond donors (Lipinski definition) is 2. The Balaban J connectivity index is 2.04. The molecule has 2 N–H and O–H groups in total. The Hall–Kier alpha value is -2.35. The molecule has 0 saturated heterocycles. The van der Waals surface area contributed by atoms with Crippen LogP contribution in [0.5, 0.6) is 0 Å². The molecule has 0 aromatic heterocycles. The SMILES string of the molecule is CON(C(=O)Nc1ccc(Cl)c(Cl)c1)C(C)C(=O)Nc1ccc(F)cc1. The molecular formula is C17H16Cl2FN3O3. The molecule has 1 atom stereocenters. The summed E-state index contributed by atoms with van der Waals surface area (Å²) in [7, 11) is 1.26. The second-order valence-corrected chi connectivity index (χ2v) is 6.05. The fourth-order valence-electron chi connectivity index (χ4n) is 2.06. The van der Waals surface area contributed by atoms with Crippen LogP contribution < -0.4 is 10.6 Å². The van der Waals surface area contributed by atoms with E-state index in [0.717, 1.165) is 5.06 Å². The van der Waals surface area contributed by atoms with Crippen molar-refractivity contribution in [3.05, 3.63) is 58.3 Å². The Morgan fingerprint density at radius 1 is 1.04 bits per heavy atom. The minimum atomic E-state index is -0.965. The number of nitrogens with zero attached hydrogens (tertiary/aromatic N) is 1. The van der Waals surface area contributed by atoms with Crippen LogP contribution in [0.25, 0.3) is 0 Å². The average molecular weight is 400 g/mol. The van der Waals surface area contributed by atoms with Crippen molar-refractivity contribution in [3.63, 3.8) is 0 Å². The highest BCUT2D eigenvalue weighted by molar-refractivity contribution is 6.42. The number of hydrogen-bond acceptors (Lipinski definition) is 3. The molecule has 26 heavy (non-hydrogen) atoms. The van der Waals surface area contributed by atoms with E-state index in [9.17, 15) is 14.0 Å². The van der Waals surface area contributed by atoms with Gasteiger partial charge in [0.1, 0.15) is 11.9 Å². The van der Waals surface area contributed by atoms with E-state index in [4.69, 9.17) is 28.0 Å². The lowest BCUT2D eigenvalue weighted by Crippen LogP contribution is -2.46. The number of nitrogens with one attached hydrogen (secondary N) is 2. The molecule has 6 nitrogen and oxygen atoms in total. The Kier molecular flexibility index (Phi) is 6.79. The van der Waals surface area contributed by atoms with Crippen LogP contribution in [-0.4, -0.2) is 30.2 Å². The van der Waals surface area contributed by atoms with Gasteiger partial charge in [-0.25, -0.2) is 9.18 Å². The van der Waals surface area contributed by atoms with Gasteiger partial charge in [-0.05, 0) is 49.4 Å². The standard InChI is InChI=1S/C17H16Cl2FN3O3/c1-10(16(24)21-12-5-3-11(20)4-6-12)23(26-2)17(25)22-13-7-8-14(18)15(19)9-13/h3-10H,1-2H3,(H,21,24)(H,22,25). The van der Waals surface area contributed by atoms with Gasteiger partial charge in [-0.15, -0.1) is 0 Å². The van der Waals surface area contributed by atoms with E-state index in [1.165, 1.54) is 50.4 Å². The van der Waals surface area contributed by atoms with E-state index in [1.807, 2.05) is 0 Å². The normalized spacial score (nSPS) is 11.6. The Morgan fingerprint density at radius 2 is 1.65 bits per heavy atom. The number of benzene rings is 2. The van der Waals surface area contributed by atoms with Gasteiger partial charge in [0.2, 0.25) is 5.91 Å². The number of rotatable bonds is 5. The minimum absolute atomic E-state index is 0.274. The lowest BCUT2D eigenvalue weighted by molar-refractivity contribution is -0.141. The van der Waals surface area contributed by atoms with E-state index in [-0.39, 0.29) is 5.02 Å². The van der Waals surface area contributed by atoms with Crippen LogP contribution in [0.15, 0.2) is 42.5 Å². The van der Waals surface area contributed by atoms with Crippen molar-refractivity contribution in [2.24, 2.45) is 0 Å². The highest BCUT2D eigenvalue weighted by Crippen LogP contribution is 2.25. The number of carbonyl (C=O) groups excluding carboxylic acids is 2. The van der Waals surface area contributed by atoms with Crippen LogP contribution in [0.2, 0.25) is 10.0 Å². The van der Waals surface area contributed by atoms with Crippen molar-refractivity contribution in [1.29, 1.82) is 0 Å². The summed E-state index contributed by atoms with van der Waals surface area (Å²) >= 11 is 11.7. The van der Waals surface area contributed by atoms with Crippen LogP contribution in [-0.2, 0) is 9.63 Å². The second kappa shape index (κ2) is 8.84. The van der Waals surface area contributed by atoms with E-state index < -0.39 is 23.8 Å². The van der Waals surface area contributed by atoms with Gasteiger partial charge < -0.3 is 10.6 Å². The first-order valence-electron chi connectivity index (χ1n) is 7.47. The van der Waals surface area contributed by atoms with Crippen molar-refractivity contribution in [2.45, 2.75) is 13.0 Å². The van der Waals surface area contributed by atoms with Crippen molar-refractivity contribution >= 4 is 46.5 Å². The van der Waals surface area contributed by atoms with Crippen molar-refractivity contribution in [1.82, 2.24) is 5.06 Å². The topological polar surface area (TPSA) is 70.7 Å². The zero-order valence-electron chi connectivity index (χ0n) is 13.9. The van der Waals surface area contributed by atoms with Gasteiger partial charge in [-0.3, -0.25) is 9.63 Å². The molecule has 0 radical (unpaired) electrons. The highest BCUT2D eigenvalue weighted by atomic mass is 35.5. The Morgan fingerprint density at radius 3 is 2.23 bits per heavy atom. The summed E-state index contributed by atoms with van der Waals surface area (Å²) in [5.41, 5.74) is 0.779. The molecule has 0 heterocycles. The number of carbonyl (C=O) groups is 2. The van der Waals surface area contributed by atoms with Gasteiger partial charge >= 0.3 is 6.03 Å². The predicted octanol–water partition coefficient (Wildman–Crippen LogP) is 4.56. The Bertz CT molecular complexity index is 802. The average Bonchev–Trinajstić information content (AvgIpc) is 2.60. The third-order valence-corrected chi connectivity index (χ3v) is 4.15. The fourth-order valence-corrected chi connectivity index (χ4v) is 2.35. The van der Waals surface area contributed by atoms with E-state index in [0.29, 0.717) is 16.4 Å². The van der Waals surface area contributed by atoms with Gasteiger partial charge in [0.25, 0.3) is 0 Å². The van der Waals surface area contributed by atoms with Gasteiger partial charge in [0, 0.05) is 11.4 Å². The third-order valence-electron chi connectivity index (χ3n) is 3.41. The van der Waals surface area contributed by atoms with Crippen LogP contribution in [0.1, 0.15) is 6.92 Å². The van der Waals surface area contributed by atoms with Gasteiger partial charge in [0.15, 0.2) is 0 Å². The van der Waals surface area contributed by atoms with Crippen LogP contribution in [0.3, 0.4) is 0 Å². The molecule has 0 aliphatic carbocycles.